The molecule has 19 heavy (non-hydrogen) atoms. The van der Waals surface area contributed by atoms with Crippen molar-refractivity contribution in [2.45, 2.75) is 25.8 Å². The van der Waals surface area contributed by atoms with Crippen molar-refractivity contribution in [2.24, 2.45) is 5.73 Å². The number of aromatic amines is 1. The van der Waals surface area contributed by atoms with Crippen molar-refractivity contribution in [2.75, 3.05) is 6.61 Å². The average molecular weight is 282 g/mol. The van der Waals surface area contributed by atoms with Gasteiger partial charge in [0.05, 0.1) is 23.7 Å². The summed E-state index contributed by atoms with van der Waals surface area (Å²) >= 11 is 5.90. The van der Waals surface area contributed by atoms with E-state index in [0.29, 0.717) is 23.9 Å². The SMILES string of the molecule is CCOC(=O)CC[C@H](N)c1nc2ccc(Cl)cc2[nH]1. The lowest BCUT2D eigenvalue weighted by molar-refractivity contribution is -0.143. The molecule has 6 heteroatoms. The van der Waals surface area contributed by atoms with Gasteiger partial charge < -0.3 is 15.5 Å². The molecule has 1 heterocycles. The first-order valence-electron chi connectivity index (χ1n) is 6.16. The van der Waals surface area contributed by atoms with Crippen molar-refractivity contribution >= 4 is 28.6 Å². The van der Waals surface area contributed by atoms with Gasteiger partial charge in [-0.25, -0.2) is 4.98 Å². The van der Waals surface area contributed by atoms with E-state index < -0.39 is 0 Å². The second-order valence-electron chi connectivity index (χ2n) is 4.23. The van der Waals surface area contributed by atoms with Crippen LogP contribution in [0.1, 0.15) is 31.6 Å². The summed E-state index contributed by atoms with van der Waals surface area (Å²) in [5, 5.41) is 0.641. The van der Waals surface area contributed by atoms with E-state index in [-0.39, 0.29) is 18.4 Å². The third kappa shape index (κ3) is 3.45. The maximum atomic E-state index is 11.3. The molecule has 0 radical (unpaired) electrons. The summed E-state index contributed by atoms with van der Waals surface area (Å²) < 4.78 is 4.86. The molecule has 0 saturated carbocycles. The fourth-order valence-corrected chi connectivity index (χ4v) is 1.99. The second-order valence-corrected chi connectivity index (χ2v) is 4.67. The molecule has 0 fully saturated rings. The van der Waals surface area contributed by atoms with Crippen LogP contribution in [0.25, 0.3) is 11.0 Å². The molecular weight excluding hydrogens is 266 g/mol. The molecule has 0 bridgehead atoms. The Balaban J connectivity index is 2.04. The molecule has 0 amide bonds. The van der Waals surface area contributed by atoms with E-state index >= 15 is 0 Å². The van der Waals surface area contributed by atoms with Crippen LogP contribution in [0.15, 0.2) is 18.2 Å². The van der Waals surface area contributed by atoms with Gasteiger partial charge >= 0.3 is 5.97 Å². The molecule has 0 aliphatic rings. The first-order chi connectivity index (χ1) is 9.10. The molecule has 2 aromatic rings. The number of esters is 1. The maximum Gasteiger partial charge on any atom is 0.305 e. The van der Waals surface area contributed by atoms with Gasteiger partial charge in [-0.3, -0.25) is 4.79 Å². The Morgan fingerprint density at radius 1 is 1.58 bits per heavy atom. The van der Waals surface area contributed by atoms with Gasteiger partial charge in [-0.1, -0.05) is 11.6 Å². The minimum atomic E-state index is -0.324. The summed E-state index contributed by atoms with van der Waals surface area (Å²) in [6.07, 6.45) is 0.777. The normalized spacial score (nSPS) is 12.6. The Bertz CT molecular complexity index is 582. The zero-order valence-electron chi connectivity index (χ0n) is 10.6. The molecule has 2 rings (SSSR count). The summed E-state index contributed by atoms with van der Waals surface area (Å²) in [6.45, 7) is 2.16. The zero-order chi connectivity index (χ0) is 13.8. The zero-order valence-corrected chi connectivity index (χ0v) is 11.4. The van der Waals surface area contributed by atoms with Gasteiger partial charge in [0.2, 0.25) is 0 Å². The first-order valence-corrected chi connectivity index (χ1v) is 6.54. The third-order valence-electron chi connectivity index (χ3n) is 2.78. The van der Waals surface area contributed by atoms with Crippen molar-refractivity contribution in [3.63, 3.8) is 0 Å². The van der Waals surface area contributed by atoms with Gasteiger partial charge in [0.15, 0.2) is 0 Å². The molecule has 1 aromatic carbocycles. The van der Waals surface area contributed by atoms with E-state index in [1.807, 2.05) is 6.07 Å². The summed E-state index contributed by atoms with van der Waals surface area (Å²) in [6, 6.07) is 5.08. The van der Waals surface area contributed by atoms with Crippen LogP contribution in [0.3, 0.4) is 0 Å². The van der Waals surface area contributed by atoms with Gasteiger partial charge in [-0.15, -0.1) is 0 Å². The highest BCUT2D eigenvalue weighted by atomic mass is 35.5. The number of nitrogens with zero attached hydrogens (tertiary/aromatic N) is 1. The number of hydrogen-bond donors (Lipinski definition) is 2. The number of rotatable bonds is 5. The van der Waals surface area contributed by atoms with Crippen LogP contribution in [0, 0.1) is 0 Å². The van der Waals surface area contributed by atoms with E-state index in [1.54, 1.807) is 19.1 Å². The number of carbonyl (C=O) groups is 1. The Morgan fingerprint density at radius 2 is 2.37 bits per heavy atom. The highest BCUT2D eigenvalue weighted by molar-refractivity contribution is 6.31. The number of benzene rings is 1. The topological polar surface area (TPSA) is 81.0 Å². The molecule has 0 unspecified atom stereocenters. The monoisotopic (exact) mass is 281 g/mol. The van der Waals surface area contributed by atoms with Gasteiger partial charge in [-0.2, -0.15) is 0 Å². The Hall–Kier alpha value is -1.59. The largest absolute Gasteiger partial charge is 0.466 e. The fourth-order valence-electron chi connectivity index (χ4n) is 1.82. The van der Waals surface area contributed by atoms with Crippen molar-refractivity contribution in [3.8, 4) is 0 Å². The van der Waals surface area contributed by atoms with Crippen LogP contribution in [-0.4, -0.2) is 22.5 Å². The molecule has 1 atom stereocenters. The fraction of sp³-hybridized carbons (Fsp3) is 0.385. The standard InChI is InChI=1S/C13H16ClN3O2/c1-2-19-12(18)6-4-9(15)13-16-10-5-3-8(14)7-11(10)17-13/h3,5,7,9H,2,4,6,15H2,1H3,(H,16,17)/t9-/m0/s1. The molecule has 0 saturated heterocycles. The molecule has 0 aliphatic carbocycles. The van der Waals surface area contributed by atoms with Gasteiger partial charge in [0.25, 0.3) is 0 Å². The van der Waals surface area contributed by atoms with Crippen LogP contribution in [0.2, 0.25) is 5.02 Å². The summed E-state index contributed by atoms with van der Waals surface area (Å²) in [7, 11) is 0. The van der Waals surface area contributed by atoms with E-state index in [9.17, 15) is 4.79 Å². The van der Waals surface area contributed by atoms with Crippen LogP contribution in [0.4, 0.5) is 0 Å². The van der Waals surface area contributed by atoms with Gasteiger partial charge in [0.1, 0.15) is 5.82 Å². The number of carbonyl (C=O) groups excluding carboxylic acids is 1. The molecule has 1 aromatic heterocycles. The lowest BCUT2D eigenvalue weighted by Gasteiger charge is -2.07. The third-order valence-corrected chi connectivity index (χ3v) is 3.01. The summed E-state index contributed by atoms with van der Waals surface area (Å²) in [4.78, 5) is 18.8. The number of H-pyrrole nitrogens is 1. The highest BCUT2D eigenvalue weighted by Gasteiger charge is 2.13. The number of fused-ring (bicyclic) bond motifs is 1. The Kier molecular flexibility index (Phi) is 4.39. The number of aromatic nitrogens is 2. The van der Waals surface area contributed by atoms with Crippen molar-refractivity contribution in [3.05, 3.63) is 29.0 Å². The molecule has 102 valence electrons. The van der Waals surface area contributed by atoms with E-state index in [4.69, 9.17) is 22.1 Å². The molecule has 0 aliphatic heterocycles. The van der Waals surface area contributed by atoms with Crippen molar-refractivity contribution in [1.82, 2.24) is 9.97 Å². The Morgan fingerprint density at radius 3 is 3.11 bits per heavy atom. The number of ether oxygens (including phenoxy) is 1. The maximum absolute atomic E-state index is 11.3. The predicted octanol–water partition coefficient (Wildman–Crippen LogP) is 2.56. The minimum absolute atomic E-state index is 0.239. The number of nitrogens with one attached hydrogen (secondary N) is 1. The number of imidazole rings is 1. The molecule has 3 N–H and O–H groups in total. The highest BCUT2D eigenvalue weighted by Crippen LogP contribution is 2.21. The van der Waals surface area contributed by atoms with Gasteiger partial charge in [0, 0.05) is 11.4 Å². The second kappa shape index (κ2) is 6.04. The quantitative estimate of drug-likeness (QED) is 0.825. The average Bonchev–Trinajstić information content (AvgIpc) is 2.79. The van der Waals surface area contributed by atoms with Crippen LogP contribution < -0.4 is 5.73 Å². The van der Waals surface area contributed by atoms with Crippen LogP contribution >= 0.6 is 11.6 Å². The lowest BCUT2D eigenvalue weighted by Crippen LogP contribution is -2.15. The smallest absolute Gasteiger partial charge is 0.305 e. The number of nitrogens with two attached hydrogens (primary N) is 1. The van der Waals surface area contributed by atoms with Gasteiger partial charge in [-0.05, 0) is 31.5 Å². The summed E-state index contributed by atoms with van der Waals surface area (Å²) in [5.41, 5.74) is 7.66. The van der Waals surface area contributed by atoms with Crippen molar-refractivity contribution < 1.29 is 9.53 Å². The van der Waals surface area contributed by atoms with E-state index in [1.165, 1.54) is 0 Å². The minimum Gasteiger partial charge on any atom is -0.466 e. The van der Waals surface area contributed by atoms with Crippen molar-refractivity contribution in [1.29, 1.82) is 0 Å². The Labute approximate surface area is 116 Å². The summed E-state index contributed by atoms with van der Waals surface area (Å²) in [5.74, 6) is 0.415. The number of hydrogen-bond acceptors (Lipinski definition) is 4. The van der Waals surface area contributed by atoms with E-state index in [2.05, 4.69) is 9.97 Å². The van der Waals surface area contributed by atoms with Crippen LogP contribution in [0.5, 0.6) is 0 Å². The molecule has 5 nitrogen and oxygen atoms in total. The predicted molar refractivity (Wildman–Crippen MR) is 73.9 cm³/mol. The van der Waals surface area contributed by atoms with Crippen LogP contribution in [-0.2, 0) is 9.53 Å². The molecule has 0 spiro atoms. The van der Waals surface area contributed by atoms with E-state index in [0.717, 1.165) is 11.0 Å². The molecular formula is C13H16ClN3O2. The number of halogens is 1. The lowest BCUT2D eigenvalue weighted by atomic mass is 10.1. The first kappa shape index (κ1) is 13.8.